The van der Waals surface area contributed by atoms with Crippen LogP contribution in [0, 0.1) is 0 Å². The Morgan fingerprint density at radius 1 is 1.33 bits per heavy atom. The number of benzene rings is 1. The lowest BCUT2D eigenvalue weighted by atomic mass is 10.2. The van der Waals surface area contributed by atoms with Crippen molar-refractivity contribution in [1.82, 2.24) is 4.90 Å². The molecular formula is C13H19NS. The summed E-state index contributed by atoms with van der Waals surface area (Å²) in [6.07, 6.45) is 4.11. The van der Waals surface area contributed by atoms with Crippen molar-refractivity contribution >= 4 is 11.8 Å². The molecule has 0 saturated carbocycles. The molecule has 0 N–H and O–H groups in total. The topological polar surface area (TPSA) is 3.24 Å². The molecule has 2 rings (SSSR count). The Kier molecular flexibility index (Phi) is 4.09. The van der Waals surface area contributed by atoms with Gasteiger partial charge in [-0.1, -0.05) is 18.2 Å². The normalized spacial score (nSPS) is 22.1. The third-order valence-corrected chi connectivity index (χ3v) is 4.18. The highest BCUT2D eigenvalue weighted by atomic mass is 32.2. The molecule has 15 heavy (non-hydrogen) atoms. The minimum absolute atomic E-state index is 0.834. The van der Waals surface area contributed by atoms with Crippen LogP contribution < -0.4 is 0 Å². The molecule has 1 atom stereocenters. The second-order valence-electron chi connectivity index (χ2n) is 4.23. The van der Waals surface area contributed by atoms with Crippen LogP contribution in [-0.2, 0) is 0 Å². The summed E-state index contributed by atoms with van der Waals surface area (Å²) in [7, 11) is 2.25. The first-order valence-corrected chi connectivity index (χ1v) is 6.73. The Bertz CT molecular complexity index is 286. The van der Waals surface area contributed by atoms with Crippen LogP contribution in [-0.4, -0.2) is 30.3 Å². The summed E-state index contributed by atoms with van der Waals surface area (Å²) < 4.78 is 0. The highest BCUT2D eigenvalue weighted by Gasteiger charge is 2.19. The smallest absolute Gasteiger partial charge is 0.0101 e. The first kappa shape index (κ1) is 11.0. The van der Waals surface area contributed by atoms with Gasteiger partial charge < -0.3 is 4.90 Å². The fourth-order valence-corrected chi connectivity index (χ4v) is 3.15. The van der Waals surface area contributed by atoms with Gasteiger partial charge in [0.15, 0.2) is 0 Å². The van der Waals surface area contributed by atoms with Gasteiger partial charge in [0.1, 0.15) is 0 Å². The van der Waals surface area contributed by atoms with E-state index in [1.807, 2.05) is 11.8 Å². The molecule has 1 saturated heterocycles. The summed E-state index contributed by atoms with van der Waals surface area (Å²) in [5.74, 6) is 1.25. The lowest BCUT2D eigenvalue weighted by molar-refractivity contribution is 0.305. The molecular weight excluding hydrogens is 202 g/mol. The average molecular weight is 221 g/mol. The highest BCUT2D eigenvalue weighted by molar-refractivity contribution is 7.99. The van der Waals surface area contributed by atoms with Crippen LogP contribution in [0.1, 0.15) is 19.3 Å². The quantitative estimate of drug-likeness (QED) is 0.718. The predicted molar refractivity (Wildman–Crippen MR) is 67.4 cm³/mol. The number of rotatable bonds is 4. The van der Waals surface area contributed by atoms with Gasteiger partial charge in [0.25, 0.3) is 0 Å². The molecule has 0 spiro atoms. The standard InChI is InChI=1S/C13H19NS/c1-14-10-5-6-12(14)9-11-15-13-7-3-2-4-8-13/h2-4,7-8,12H,5-6,9-11H2,1H3/t12-/m0/s1. The summed E-state index contributed by atoms with van der Waals surface area (Å²) in [5.41, 5.74) is 0. The molecule has 0 aliphatic carbocycles. The maximum Gasteiger partial charge on any atom is 0.0101 e. The zero-order valence-corrected chi connectivity index (χ0v) is 10.2. The molecule has 0 unspecified atom stereocenters. The molecule has 1 aromatic rings. The van der Waals surface area contributed by atoms with E-state index in [0.717, 1.165) is 6.04 Å². The number of nitrogens with zero attached hydrogens (tertiary/aromatic N) is 1. The van der Waals surface area contributed by atoms with E-state index in [-0.39, 0.29) is 0 Å². The third kappa shape index (κ3) is 3.25. The highest BCUT2D eigenvalue weighted by Crippen LogP contribution is 2.23. The van der Waals surface area contributed by atoms with E-state index in [9.17, 15) is 0 Å². The Morgan fingerprint density at radius 3 is 2.80 bits per heavy atom. The summed E-state index contributed by atoms with van der Waals surface area (Å²) in [6.45, 7) is 1.29. The van der Waals surface area contributed by atoms with Crippen molar-refractivity contribution in [2.45, 2.75) is 30.2 Å². The SMILES string of the molecule is CN1CCC[C@H]1CCSc1ccccc1. The minimum Gasteiger partial charge on any atom is -0.303 e. The van der Waals surface area contributed by atoms with Gasteiger partial charge >= 0.3 is 0 Å². The van der Waals surface area contributed by atoms with Crippen molar-refractivity contribution in [3.63, 3.8) is 0 Å². The van der Waals surface area contributed by atoms with Crippen molar-refractivity contribution in [3.8, 4) is 0 Å². The van der Waals surface area contributed by atoms with Gasteiger partial charge in [-0.2, -0.15) is 0 Å². The predicted octanol–water partition coefficient (Wildman–Crippen LogP) is 3.26. The molecule has 1 aliphatic rings. The van der Waals surface area contributed by atoms with Crippen molar-refractivity contribution in [2.75, 3.05) is 19.3 Å². The first-order valence-electron chi connectivity index (χ1n) is 5.74. The van der Waals surface area contributed by atoms with E-state index in [2.05, 4.69) is 42.3 Å². The molecule has 1 aliphatic heterocycles. The molecule has 0 amide bonds. The van der Waals surface area contributed by atoms with Gasteiger partial charge in [-0.25, -0.2) is 0 Å². The van der Waals surface area contributed by atoms with Crippen LogP contribution in [0.5, 0.6) is 0 Å². The van der Waals surface area contributed by atoms with Gasteiger partial charge in [0, 0.05) is 10.9 Å². The van der Waals surface area contributed by atoms with Crippen LogP contribution in [0.4, 0.5) is 0 Å². The van der Waals surface area contributed by atoms with Gasteiger partial charge in [-0.15, -0.1) is 11.8 Å². The molecule has 1 fully saturated rings. The monoisotopic (exact) mass is 221 g/mol. The van der Waals surface area contributed by atoms with Crippen LogP contribution in [0.3, 0.4) is 0 Å². The largest absolute Gasteiger partial charge is 0.303 e. The van der Waals surface area contributed by atoms with Crippen LogP contribution in [0.25, 0.3) is 0 Å². The first-order chi connectivity index (χ1) is 7.36. The van der Waals surface area contributed by atoms with E-state index < -0.39 is 0 Å². The van der Waals surface area contributed by atoms with E-state index in [1.54, 1.807) is 0 Å². The summed E-state index contributed by atoms with van der Waals surface area (Å²) in [4.78, 5) is 3.91. The molecule has 0 radical (unpaired) electrons. The summed E-state index contributed by atoms with van der Waals surface area (Å²) >= 11 is 1.98. The Morgan fingerprint density at radius 2 is 2.13 bits per heavy atom. The summed E-state index contributed by atoms with van der Waals surface area (Å²) in [6, 6.07) is 11.5. The molecule has 1 aromatic carbocycles. The van der Waals surface area contributed by atoms with Gasteiger partial charge in [0.2, 0.25) is 0 Å². The zero-order valence-electron chi connectivity index (χ0n) is 9.36. The average Bonchev–Trinajstić information content (AvgIpc) is 2.66. The number of hydrogen-bond donors (Lipinski definition) is 0. The third-order valence-electron chi connectivity index (χ3n) is 3.13. The molecule has 1 nitrogen and oxygen atoms in total. The van der Waals surface area contributed by atoms with E-state index >= 15 is 0 Å². The Labute approximate surface area is 96.9 Å². The Hall–Kier alpha value is -0.470. The van der Waals surface area contributed by atoms with Crippen LogP contribution in [0.2, 0.25) is 0 Å². The van der Waals surface area contributed by atoms with Crippen molar-refractivity contribution in [2.24, 2.45) is 0 Å². The van der Waals surface area contributed by atoms with Crippen LogP contribution >= 0.6 is 11.8 Å². The van der Waals surface area contributed by atoms with Gasteiger partial charge in [-0.05, 0) is 50.7 Å². The molecule has 1 heterocycles. The molecule has 82 valence electrons. The van der Waals surface area contributed by atoms with E-state index in [4.69, 9.17) is 0 Å². The van der Waals surface area contributed by atoms with Crippen molar-refractivity contribution < 1.29 is 0 Å². The number of likely N-dealkylation sites (tertiary alicyclic amines) is 1. The van der Waals surface area contributed by atoms with Crippen molar-refractivity contribution in [1.29, 1.82) is 0 Å². The number of hydrogen-bond acceptors (Lipinski definition) is 2. The maximum absolute atomic E-state index is 2.51. The van der Waals surface area contributed by atoms with E-state index in [1.165, 1.54) is 36.5 Å². The van der Waals surface area contributed by atoms with Gasteiger partial charge in [-0.3, -0.25) is 0 Å². The molecule has 2 heteroatoms. The molecule has 0 bridgehead atoms. The van der Waals surface area contributed by atoms with Crippen LogP contribution in [0.15, 0.2) is 35.2 Å². The fraction of sp³-hybridized carbons (Fsp3) is 0.538. The summed E-state index contributed by atoms with van der Waals surface area (Å²) in [5, 5.41) is 0. The second-order valence-corrected chi connectivity index (χ2v) is 5.40. The number of thioether (sulfide) groups is 1. The lowest BCUT2D eigenvalue weighted by Gasteiger charge is -2.18. The second kappa shape index (κ2) is 5.57. The Balaban J connectivity index is 1.71. The fourth-order valence-electron chi connectivity index (χ4n) is 2.17. The lowest BCUT2D eigenvalue weighted by Crippen LogP contribution is -2.25. The zero-order chi connectivity index (χ0) is 10.5. The van der Waals surface area contributed by atoms with Crippen molar-refractivity contribution in [3.05, 3.63) is 30.3 Å². The maximum atomic E-state index is 2.51. The van der Waals surface area contributed by atoms with E-state index in [0.29, 0.717) is 0 Å². The minimum atomic E-state index is 0.834. The van der Waals surface area contributed by atoms with Gasteiger partial charge in [0.05, 0.1) is 0 Å². The molecule has 0 aromatic heterocycles.